The molecule has 0 aliphatic carbocycles. The second kappa shape index (κ2) is 10.9. The van der Waals surface area contributed by atoms with Gasteiger partial charge in [-0.25, -0.2) is 0 Å². The summed E-state index contributed by atoms with van der Waals surface area (Å²) in [7, 11) is 1.72. The van der Waals surface area contributed by atoms with Crippen molar-refractivity contribution in [2.45, 2.75) is 19.8 Å². The van der Waals surface area contributed by atoms with E-state index < -0.39 is 0 Å². The number of methoxy groups -OCH3 is 1. The Morgan fingerprint density at radius 2 is 1.67 bits per heavy atom. The Hall–Kier alpha value is -0.120. The molecule has 3 nitrogen and oxygen atoms in total. The SMILES string of the molecule is CCCCNCCNCCOC. The molecule has 0 fully saturated rings. The Balaban J connectivity index is 2.73. The van der Waals surface area contributed by atoms with E-state index in [4.69, 9.17) is 4.74 Å². The summed E-state index contributed by atoms with van der Waals surface area (Å²) in [6.07, 6.45) is 2.54. The smallest absolute Gasteiger partial charge is 0.0587 e. The summed E-state index contributed by atoms with van der Waals surface area (Å²) in [5, 5.41) is 6.64. The van der Waals surface area contributed by atoms with E-state index in [1.54, 1.807) is 7.11 Å². The van der Waals surface area contributed by atoms with E-state index in [9.17, 15) is 0 Å². The quantitative estimate of drug-likeness (QED) is 0.503. The zero-order valence-corrected chi connectivity index (χ0v) is 8.36. The van der Waals surface area contributed by atoms with E-state index >= 15 is 0 Å². The van der Waals surface area contributed by atoms with Gasteiger partial charge in [-0.3, -0.25) is 0 Å². The molecule has 0 saturated heterocycles. The predicted octanol–water partition coefficient (Wildman–Crippen LogP) is 0.612. The van der Waals surface area contributed by atoms with Gasteiger partial charge < -0.3 is 15.4 Å². The molecule has 0 atom stereocenters. The van der Waals surface area contributed by atoms with E-state index in [-0.39, 0.29) is 0 Å². The summed E-state index contributed by atoms with van der Waals surface area (Å²) < 4.78 is 4.90. The Morgan fingerprint density at radius 1 is 1.00 bits per heavy atom. The summed E-state index contributed by atoms with van der Waals surface area (Å²) in [5.41, 5.74) is 0. The molecule has 0 saturated carbocycles. The highest BCUT2D eigenvalue weighted by Crippen LogP contribution is 1.80. The molecular formula is C9H22N2O. The monoisotopic (exact) mass is 174 g/mol. The lowest BCUT2D eigenvalue weighted by atomic mass is 10.3. The first kappa shape index (κ1) is 11.9. The highest BCUT2D eigenvalue weighted by Gasteiger charge is 1.86. The molecule has 0 amide bonds. The summed E-state index contributed by atoms with van der Waals surface area (Å²) in [6.45, 7) is 7.19. The van der Waals surface area contributed by atoms with Gasteiger partial charge in [-0.2, -0.15) is 0 Å². The van der Waals surface area contributed by atoms with E-state index in [1.807, 2.05) is 0 Å². The van der Waals surface area contributed by atoms with Gasteiger partial charge in [0.15, 0.2) is 0 Å². The highest BCUT2D eigenvalue weighted by atomic mass is 16.5. The zero-order valence-electron chi connectivity index (χ0n) is 8.36. The van der Waals surface area contributed by atoms with Gasteiger partial charge in [0.05, 0.1) is 6.61 Å². The minimum Gasteiger partial charge on any atom is -0.383 e. The van der Waals surface area contributed by atoms with Gasteiger partial charge in [0.2, 0.25) is 0 Å². The number of hydrogen-bond donors (Lipinski definition) is 2. The largest absolute Gasteiger partial charge is 0.383 e. The molecule has 0 rings (SSSR count). The second-order valence-electron chi connectivity index (χ2n) is 2.85. The summed E-state index contributed by atoms with van der Waals surface area (Å²) >= 11 is 0. The Morgan fingerprint density at radius 3 is 2.25 bits per heavy atom. The lowest BCUT2D eigenvalue weighted by Crippen LogP contribution is -2.29. The molecular weight excluding hydrogens is 152 g/mol. The first-order chi connectivity index (χ1) is 5.91. The number of unbranched alkanes of at least 4 members (excludes halogenated alkanes) is 1. The fourth-order valence-electron chi connectivity index (χ4n) is 0.903. The molecule has 12 heavy (non-hydrogen) atoms. The lowest BCUT2D eigenvalue weighted by molar-refractivity contribution is 0.199. The van der Waals surface area contributed by atoms with Crippen molar-refractivity contribution < 1.29 is 4.74 Å². The highest BCUT2D eigenvalue weighted by molar-refractivity contribution is 4.51. The van der Waals surface area contributed by atoms with Crippen LogP contribution in [0.3, 0.4) is 0 Å². The number of nitrogens with one attached hydrogen (secondary N) is 2. The van der Waals surface area contributed by atoms with Gasteiger partial charge in [-0.05, 0) is 13.0 Å². The summed E-state index contributed by atoms with van der Waals surface area (Å²) in [5.74, 6) is 0. The van der Waals surface area contributed by atoms with Crippen molar-refractivity contribution in [2.24, 2.45) is 0 Å². The topological polar surface area (TPSA) is 33.3 Å². The average Bonchev–Trinajstić information content (AvgIpc) is 2.10. The minimum absolute atomic E-state index is 0.801. The van der Waals surface area contributed by atoms with Gasteiger partial charge in [-0.1, -0.05) is 13.3 Å². The van der Waals surface area contributed by atoms with Crippen molar-refractivity contribution in [3.8, 4) is 0 Å². The number of ether oxygens (including phenoxy) is 1. The molecule has 0 aliphatic heterocycles. The van der Waals surface area contributed by atoms with Crippen molar-refractivity contribution in [1.29, 1.82) is 0 Å². The van der Waals surface area contributed by atoms with Crippen LogP contribution in [-0.2, 0) is 4.74 Å². The standard InChI is InChI=1S/C9H22N2O/c1-3-4-5-10-6-7-11-8-9-12-2/h10-11H,3-9H2,1-2H3. The van der Waals surface area contributed by atoms with Crippen LogP contribution in [0.15, 0.2) is 0 Å². The number of hydrogen-bond acceptors (Lipinski definition) is 3. The van der Waals surface area contributed by atoms with Gasteiger partial charge in [-0.15, -0.1) is 0 Å². The summed E-state index contributed by atoms with van der Waals surface area (Å²) in [4.78, 5) is 0. The van der Waals surface area contributed by atoms with Gasteiger partial charge in [0.1, 0.15) is 0 Å². The molecule has 3 heteroatoms. The fourth-order valence-corrected chi connectivity index (χ4v) is 0.903. The molecule has 2 N–H and O–H groups in total. The molecule has 0 bridgehead atoms. The van der Waals surface area contributed by atoms with Crippen LogP contribution in [0.4, 0.5) is 0 Å². The first-order valence-corrected chi connectivity index (χ1v) is 4.82. The maximum absolute atomic E-state index is 4.90. The lowest BCUT2D eigenvalue weighted by Gasteiger charge is -2.04. The van der Waals surface area contributed by atoms with Crippen molar-refractivity contribution in [3.63, 3.8) is 0 Å². The molecule has 0 spiro atoms. The minimum atomic E-state index is 0.801. The third kappa shape index (κ3) is 9.88. The Kier molecular flexibility index (Phi) is 10.8. The van der Waals surface area contributed by atoms with Crippen LogP contribution in [0.5, 0.6) is 0 Å². The Labute approximate surface area is 75.9 Å². The van der Waals surface area contributed by atoms with Crippen LogP contribution in [0.2, 0.25) is 0 Å². The van der Waals surface area contributed by atoms with Crippen LogP contribution in [0.25, 0.3) is 0 Å². The predicted molar refractivity (Wildman–Crippen MR) is 52.5 cm³/mol. The zero-order chi connectivity index (χ0) is 9.07. The van der Waals surface area contributed by atoms with Gasteiger partial charge in [0.25, 0.3) is 0 Å². The third-order valence-electron chi connectivity index (χ3n) is 1.67. The molecule has 0 aromatic carbocycles. The maximum atomic E-state index is 4.90. The van der Waals surface area contributed by atoms with Crippen molar-refractivity contribution in [3.05, 3.63) is 0 Å². The van der Waals surface area contributed by atoms with Crippen LogP contribution in [-0.4, -0.2) is 39.9 Å². The fraction of sp³-hybridized carbons (Fsp3) is 1.00. The van der Waals surface area contributed by atoms with Crippen molar-refractivity contribution in [2.75, 3.05) is 39.9 Å². The molecule has 0 unspecified atom stereocenters. The number of rotatable bonds is 9. The van der Waals surface area contributed by atoms with E-state index in [0.717, 1.165) is 32.8 Å². The maximum Gasteiger partial charge on any atom is 0.0587 e. The third-order valence-corrected chi connectivity index (χ3v) is 1.67. The average molecular weight is 174 g/mol. The van der Waals surface area contributed by atoms with E-state index in [2.05, 4.69) is 17.6 Å². The van der Waals surface area contributed by atoms with E-state index in [0.29, 0.717) is 0 Å². The summed E-state index contributed by atoms with van der Waals surface area (Å²) in [6, 6.07) is 0. The van der Waals surface area contributed by atoms with Crippen LogP contribution >= 0.6 is 0 Å². The molecule has 0 radical (unpaired) electrons. The Bertz CT molecular complexity index is 68.9. The molecule has 0 aliphatic rings. The van der Waals surface area contributed by atoms with Crippen molar-refractivity contribution in [1.82, 2.24) is 10.6 Å². The van der Waals surface area contributed by atoms with Gasteiger partial charge >= 0.3 is 0 Å². The van der Waals surface area contributed by atoms with Crippen LogP contribution in [0.1, 0.15) is 19.8 Å². The first-order valence-electron chi connectivity index (χ1n) is 4.82. The second-order valence-corrected chi connectivity index (χ2v) is 2.85. The van der Waals surface area contributed by atoms with Gasteiger partial charge in [0, 0.05) is 26.7 Å². The normalized spacial score (nSPS) is 10.5. The molecule has 0 aromatic heterocycles. The van der Waals surface area contributed by atoms with Crippen LogP contribution in [0, 0.1) is 0 Å². The molecule has 0 heterocycles. The van der Waals surface area contributed by atoms with E-state index in [1.165, 1.54) is 12.8 Å². The molecule has 0 aromatic rings. The van der Waals surface area contributed by atoms with Crippen molar-refractivity contribution >= 4 is 0 Å². The van der Waals surface area contributed by atoms with Crippen LogP contribution < -0.4 is 10.6 Å². The molecule has 74 valence electrons.